The van der Waals surface area contributed by atoms with E-state index in [1.54, 1.807) is 0 Å². The van der Waals surface area contributed by atoms with Crippen molar-refractivity contribution in [2.75, 3.05) is 6.61 Å². The van der Waals surface area contributed by atoms with E-state index < -0.39 is 10.7 Å². The summed E-state index contributed by atoms with van der Waals surface area (Å²) in [5.74, 6) is -0.332. The first-order chi connectivity index (χ1) is 10.9. The van der Waals surface area contributed by atoms with Gasteiger partial charge in [0.05, 0.1) is 4.92 Å². The monoisotopic (exact) mass is 324 g/mol. The third kappa shape index (κ3) is 4.40. The van der Waals surface area contributed by atoms with Gasteiger partial charge in [-0.25, -0.2) is 4.39 Å². The molecule has 0 heterocycles. The van der Waals surface area contributed by atoms with Gasteiger partial charge < -0.3 is 10.1 Å². The van der Waals surface area contributed by atoms with Gasteiger partial charge in [0, 0.05) is 18.2 Å². The average molecular weight is 324 g/mol. The zero-order chi connectivity index (χ0) is 17.0. The maximum absolute atomic E-state index is 13.2. The van der Waals surface area contributed by atoms with Crippen LogP contribution in [0.15, 0.2) is 18.2 Å². The Labute approximate surface area is 134 Å². The fourth-order valence-corrected chi connectivity index (χ4v) is 2.93. The van der Waals surface area contributed by atoms with Gasteiger partial charge in [0.1, 0.15) is 5.82 Å². The molecule has 7 heteroatoms. The molecule has 0 spiro atoms. The largest absolute Gasteiger partial charge is 0.477 e. The number of benzene rings is 1. The van der Waals surface area contributed by atoms with Crippen LogP contribution in [-0.4, -0.2) is 23.5 Å². The number of amides is 1. The van der Waals surface area contributed by atoms with Crippen LogP contribution in [0.25, 0.3) is 0 Å². The summed E-state index contributed by atoms with van der Waals surface area (Å²) in [5.41, 5.74) is -0.362. The molecule has 0 bridgehead atoms. The lowest BCUT2D eigenvalue weighted by atomic mass is 9.78. The fraction of sp³-hybridized carbons (Fsp3) is 0.562. The maximum atomic E-state index is 13.2. The zero-order valence-electron chi connectivity index (χ0n) is 13.3. The lowest BCUT2D eigenvalue weighted by Crippen LogP contribution is -2.45. The molecule has 1 saturated carbocycles. The van der Waals surface area contributed by atoms with Crippen molar-refractivity contribution in [2.45, 2.75) is 39.2 Å². The van der Waals surface area contributed by atoms with Crippen LogP contribution in [0.5, 0.6) is 5.75 Å². The van der Waals surface area contributed by atoms with Crippen LogP contribution < -0.4 is 10.1 Å². The Bertz CT molecular complexity index is 593. The molecule has 126 valence electrons. The van der Waals surface area contributed by atoms with Crippen molar-refractivity contribution in [1.29, 1.82) is 0 Å². The van der Waals surface area contributed by atoms with E-state index in [1.165, 1.54) is 0 Å². The van der Waals surface area contributed by atoms with E-state index in [0.29, 0.717) is 11.8 Å². The second-order valence-corrected chi connectivity index (χ2v) is 6.10. The maximum Gasteiger partial charge on any atom is 0.311 e. The number of nitro benzene ring substituents is 1. The number of ether oxygens (including phenoxy) is 1. The number of halogens is 1. The summed E-state index contributed by atoms with van der Waals surface area (Å²) in [6, 6.07) is 3.00. The van der Waals surface area contributed by atoms with Crippen molar-refractivity contribution in [1.82, 2.24) is 5.32 Å². The highest BCUT2D eigenvalue weighted by molar-refractivity contribution is 5.78. The van der Waals surface area contributed by atoms with Crippen LogP contribution in [0.2, 0.25) is 0 Å². The van der Waals surface area contributed by atoms with Gasteiger partial charge in [0.15, 0.2) is 6.61 Å². The molecule has 1 fully saturated rings. The topological polar surface area (TPSA) is 81.5 Å². The zero-order valence-corrected chi connectivity index (χ0v) is 13.3. The highest BCUT2D eigenvalue weighted by atomic mass is 19.1. The molecule has 0 unspecified atom stereocenters. The summed E-state index contributed by atoms with van der Waals surface area (Å²) >= 11 is 0. The third-order valence-electron chi connectivity index (χ3n) is 4.53. The molecule has 2 rings (SSSR count). The molecule has 1 aliphatic carbocycles. The van der Waals surface area contributed by atoms with Crippen LogP contribution in [0.3, 0.4) is 0 Å². The van der Waals surface area contributed by atoms with E-state index in [2.05, 4.69) is 19.2 Å². The minimum absolute atomic E-state index is 0.0809. The standard InChI is InChI=1S/C16H21FN2O4/c1-10-4-3-5-13(11(10)2)18-16(20)9-23-15-8-12(17)6-7-14(15)19(21)22/h6-8,10-11,13H,3-5,9H2,1-2H3,(H,18,20)/t10-,11-,13+/m1/s1. The van der Waals surface area contributed by atoms with Crippen molar-refractivity contribution in [2.24, 2.45) is 11.8 Å². The minimum atomic E-state index is -0.669. The van der Waals surface area contributed by atoms with Gasteiger partial charge in [-0.15, -0.1) is 0 Å². The lowest BCUT2D eigenvalue weighted by molar-refractivity contribution is -0.385. The Morgan fingerprint density at radius 1 is 1.43 bits per heavy atom. The number of nitro groups is 1. The van der Waals surface area contributed by atoms with Crippen molar-refractivity contribution in [3.8, 4) is 5.75 Å². The van der Waals surface area contributed by atoms with E-state index in [4.69, 9.17) is 4.74 Å². The summed E-state index contributed by atoms with van der Waals surface area (Å²) in [6.45, 7) is 3.89. The number of carbonyl (C=O) groups excluding carboxylic acids is 1. The molecule has 0 aromatic heterocycles. The lowest BCUT2D eigenvalue weighted by Gasteiger charge is -2.34. The van der Waals surface area contributed by atoms with E-state index in [1.807, 2.05) is 0 Å². The van der Waals surface area contributed by atoms with Gasteiger partial charge in [0.2, 0.25) is 5.75 Å². The molecule has 1 aromatic carbocycles. The second-order valence-electron chi connectivity index (χ2n) is 6.10. The normalized spacial score (nSPS) is 24.0. The highest BCUT2D eigenvalue weighted by Gasteiger charge is 2.28. The highest BCUT2D eigenvalue weighted by Crippen LogP contribution is 2.30. The van der Waals surface area contributed by atoms with Crippen molar-refractivity contribution >= 4 is 11.6 Å². The first kappa shape index (κ1) is 17.2. The Morgan fingerprint density at radius 2 is 2.17 bits per heavy atom. The average Bonchev–Trinajstić information content (AvgIpc) is 2.49. The summed E-state index contributed by atoms with van der Waals surface area (Å²) in [7, 11) is 0. The van der Waals surface area contributed by atoms with E-state index in [0.717, 1.165) is 37.5 Å². The fourth-order valence-electron chi connectivity index (χ4n) is 2.93. The van der Waals surface area contributed by atoms with Gasteiger partial charge >= 0.3 is 5.69 Å². The molecule has 1 amide bonds. The molecule has 3 atom stereocenters. The predicted molar refractivity (Wildman–Crippen MR) is 82.7 cm³/mol. The Kier molecular flexibility index (Phi) is 5.52. The molecule has 6 nitrogen and oxygen atoms in total. The number of hydrogen-bond acceptors (Lipinski definition) is 4. The summed E-state index contributed by atoms with van der Waals surface area (Å²) in [5, 5.41) is 13.8. The molecule has 0 aliphatic heterocycles. The molecular formula is C16H21FN2O4. The molecule has 1 aliphatic rings. The summed E-state index contributed by atoms with van der Waals surface area (Å²) < 4.78 is 18.3. The second kappa shape index (κ2) is 7.39. The van der Waals surface area contributed by atoms with Gasteiger partial charge in [-0.2, -0.15) is 0 Å². The van der Waals surface area contributed by atoms with E-state index in [9.17, 15) is 19.3 Å². The van der Waals surface area contributed by atoms with Crippen molar-refractivity contribution in [3.05, 3.63) is 34.1 Å². The van der Waals surface area contributed by atoms with Crippen LogP contribution in [0, 0.1) is 27.8 Å². The van der Waals surface area contributed by atoms with Crippen LogP contribution in [0.4, 0.5) is 10.1 Å². The minimum Gasteiger partial charge on any atom is -0.477 e. The van der Waals surface area contributed by atoms with E-state index in [-0.39, 0.29) is 30.0 Å². The van der Waals surface area contributed by atoms with Gasteiger partial charge in [-0.3, -0.25) is 14.9 Å². The summed E-state index contributed by atoms with van der Waals surface area (Å²) in [6.07, 6.45) is 3.13. The molecule has 1 N–H and O–H groups in total. The van der Waals surface area contributed by atoms with Gasteiger partial charge in [-0.1, -0.05) is 26.7 Å². The van der Waals surface area contributed by atoms with Gasteiger partial charge in [-0.05, 0) is 24.3 Å². The summed E-state index contributed by atoms with van der Waals surface area (Å²) in [4.78, 5) is 22.2. The van der Waals surface area contributed by atoms with Crippen molar-refractivity contribution in [3.63, 3.8) is 0 Å². The predicted octanol–water partition coefficient (Wildman–Crippen LogP) is 3.05. The quantitative estimate of drug-likeness (QED) is 0.666. The van der Waals surface area contributed by atoms with Crippen LogP contribution in [-0.2, 0) is 4.79 Å². The number of carbonyl (C=O) groups is 1. The Morgan fingerprint density at radius 3 is 2.87 bits per heavy atom. The molecular weight excluding hydrogens is 303 g/mol. The number of hydrogen-bond donors (Lipinski definition) is 1. The van der Waals surface area contributed by atoms with Crippen LogP contribution >= 0.6 is 0 Å². The van der Waals surface area contributed by atoms with Crippen molar-refractivity contribution < 1.29 is 18.8 Å². The smallest absolute Gasteiger partial charge is 0.311 e. The first-order valence-electron chi connectivity index (χ1n) is 7.74. The Balaban J connectivity index is 1.94. The molecule has 0 saturated heterocycles. The van der Waals surface area contributed by atoms with Gasteiger partial charge in [0.25, 0.3) is 5.91 Å². The van der Waals surface area contributed by atoms with Crippen LogP contribution in [0.1, 0.15) is 33.1 Å². The molecule has 1 aromatic rings. The number of nitrogens with one attached hydrogen (secondary N) is 1. The molecule has 0 radical (unpaired) electrons. The van der Waals surface area contributed by atoms with E-state index >= 15 is 0 Å². The number of rotatable bonds is 5. The third-order valence-corrected chi connectivity index (χ3v) is 4.53. The SMILES string of the molecule is C[C@@H]1[C@H](C)CCC[C@@H]1NC(=O)COc1cc(F)ccc1[N+](=O)[O-]. The number of nitrogens with zero attached hydrogens (tertiary/aromatic N) is 1. The molecule has 23 heavy (non-hydrogen) atoms. The first-order valence-corrected chi connectivity index (χ1v) is 7.74. The Hall–Kier alpha value is -2.18.